The fourth-order valence-corrected chi connectivity index (χ4v) is 3.65. The van der Waals surface area contributed by atoms with E-state index >= 15 is 0 Å². The molecule has 0 unspecified atom stereocenters. The van der Waals surface area contributed by atoms with E-state index in [-0.39, 0.29) is 4.90 Å². The lowest BCUT2D eigenvalue weighted by Crippen LogP contribution is -2.14. The summed E-state index contributed by atoms with van der Waals surface area (Å²) in [6.07, 6.45) is 2.00. The van der Waals surface area contributed by atoms with Crippen LogP contribution in [0.25, 0.3) is 0 Å². The molecule has 0 fully saturated rings. The normalized spacial score (nSPS) is 11.3. The summed E-state index contributed by atoms with van der Waals surface area (Å²) < 4.78 is 27.5. The third-order valence-corrected chi connectivity index (χ3v) is 5.16. The molecule has 2 aromatic carbocycles. The number of sulfonamides is 1. The number of halogens is 1. The number of benzene rings is 2. The van der Waals surface area contributed by atoms with E-state index in [2.05, 4.69) is 27.6 Å². The molecule has 0 atom stereocenters. The Kier molecular flexibility index (Phi) is 5.42. The molecule has 2 rings (SSSR count). The molecule has 0 aliphatic rings. The maximum absolute atomic E-state index is 12.4. The Morgan fingerprint density at radius 2 is 1.71 bits per heavy atom. The van der Waals surface area contributed by atoms with Crippen LogP contribution in [-0.4, -0.2) is 8.42 Å². The average molecular weight is 368 g/mol. The molecule has 0 bridgehead atoms. The highest BCUT2D eigenvalue weighted by molar-refractivity contribution is 9.08. The summed E-state index contributed by atoms with van der Waals surface area (Å²) in [5.41, 5.74) is 2.66. The molecule has 21 heavy (non-hydrogen) atoms. The van der Waals surface area contributed by atoms with Gasteiger partial charge in [0.1, 0.15) is 0 Å². The quantitative estimate of drug-likeness (QED) is 0.772. The first-order valence-electron chi connectivity index (χ1n) is 6.82. The Labute approximate surface area is 134 Å². The van der Waals surface area contributed by atoms with Crippen molar-refractivity contribution in [1.82, 2.24) is 0 Å². The van der Waals surface area contributed by atoms with E-state index in [1.807, 2.05) is 30.3 Å². The fourth-order valence-electron chi connectivity index (χ4n) is 2.06. The van der Waals surface area contributed by atoms with Crippen LogP contribution < -0.4 is 4.72 Å². The molecule has 0 amide bonds. The van der Waals surface area contributed by atoms with Gasteiger partial charge in [-0.2, -0.15) is 0 Å². The van der Waals surface area contributed by atoms with Gasteiger partial charge in [0.15, 0.2) is 0 Å². The number of rotatable bonds is 6. The number of aryl methyl sites for hydroxylation is 1. The third-order valence-electron chi connectivity index (χ3n) is 3.18. The molecular formula is C16H18BrNO2S. The summed E-state index contributed by atoms with van der Waals surface area (Å²) in [4.78, 5) is 0.284. The van der Waals surface area contributed by atoms with Crippen molar-refractivity contribution in [1.29, 1.82) is 0 Å². The highest BCUT2D eigenvalue weighted by Gasteiger charge is 2.15. The van der Waals surface area contributed by atoms with Gasteiger partial charge in [-0.3, -0.25) is 4.72 Å². The first kappa shape index (κ1) is 16.0. The zero-order valence-electron chi connectivity index (χ0n) is 11.8. The van der Waals surface area contributed by atoms with Crippen molar-refractivity contribution < 1.29 is 8.42 Å². The highest BCUT2D eigenvalue weighted by atomic mass is 79.9. The fraction of sp³-hybridized carbons (Fsp3) is 0.250. The van der Waals surface area contributed by atoms with E-state index in [0.29, 0.717) is 11.0 Å². The molecule has 1 N–H and O–H groups in total. The SMILES string of the molecule is CCCc1ccc(S(=O)(=O)Nc2ccccc2CBr)cc1. The van der Waals surface area contributed by atoms with Gasteiger partial charge in [-0.25, -0.2) is 8.42 Å². The monoisotopic (exact) mass is 367 g/mol. The maximum Gasteiger partial charge on any atom is 0.261 e. The van der Waals surface area contributed by atoms with Crippen LogP contribution in [0.3, 0.4) is 0 Å². The molecule has 5 heteroatoms. The lowest BCUT2D eigenvalue weighted by atomic mass is 10.1. The molecule has 0 saturated carbocycles. The lowest BCUT2D eigenvalue weighted by molar-refractivity contribution is 0.601. The van der Waals surface area contributed by atoms with E-state index in [4.69, 9.17) is 0 Å². The molecule has 0 saturated heterocycles. The Morgan fingerprint density at radius 3 is 2.33 bits per heavy atom. The minimum absolute atomic E-state index is 0.284. The second-order valence-corrected chi connectivity index (χ2v) is 7.03. The average Bonchev–Trinajstić information content (AvgIpc) is 2.48. The Hall–Kier alpha value is -1.33. The van der Waals surface area contributed by atoms with Crippen LogP contribution in [0.4, 0.5) is 5.69 Å². The lowest BCUT2D eigenvalue weighted by Gasteiger charge is -2.11. The summed E-state index contributed by atoms with van der Waals surface area (Å²) in [5, 5.41) is 0.598. The number of alkyl halides is 1. The highest BCUT2D eigenvalue weighted by Crippen LogP contribution is 2.22. The summed E-state index contributed by atoms with van der Waals surface area (Å²) in [6, 6.07) is 14.4. The molecule has 3 nitrogen and oxygen atoms in total. The minimum atomic E-state index is -3.55. The predicted octanol–water partition coefficient (Wildman–Crippen LogP) is 4.33. The van der Waals surface area contributed by atoms with Gasteiger partial charge in [0, 0.05) is 5.33 Å². The van der Waals surface area contributed by atoms with Crippen molar-refractivity contribution in [3.63, 3.8) is 0 Å². The number of para-hydroxylation sites is 1. The van der Waals surface area contributed by atoms with Gasteiger partial charge in [-0.15, -0.1) is 0 Å². The smallest absolute Gasteiger partial charge is 0.261 e. The van der Waals surface area contributed by atoms with E-state index in [9.17, 15) is 8.42 Å². The van der Waals surface area contributed by atoms with Crippen molar-refractivity contribution in [2.45, 2.75) is 30.0 Å². The molecule has 0 aliphatic heterocycles. The third kappa shape index (κ3) is 4.08. The second-order valence-electron chi connectivity index (χ2n) is 4.79. The summed E-state index contributed by atoms with van der Waals surface area (Å²) in [5.74, 6) is 0. The largest absolute Gasteiger partial charge is 0.279 e. The summed E-state index contributed by atoms with van der Waals surface area (Å²) >= 11 is 3.36. The molecule has 0 aliphatic carbocycles. The summed E-state index contributed by atoms with van der Waals surface area (Å²) in [6.45, 7) is 2.10. The molecule has 112 valence electrons. The van der Waals surface area contributed by atoms with E-state index in [1.54, 1.807) is 18.2 Å². The van der Waals surface area contributed by atoms with Crippen LogP contribution in [-0.2, 0) is 21.8 Å². The van der Waals surface area contributed by atoms with Crippen LogP contribution in [0.15, 0.2) is 53.4 Å². The number of anilines is 1. The van der Waals surface area contributed by atoms with Gasteiger partial charge in [0.25, 0.3) is 10.0 Å². The van der Waals surface area contributed by atoms with Crippen molar-refractivity contribution in [3.8, 4) is 0 Å². The Bertz CT molecular complexity index is 696. The first-order valence-corrected chi connectivity index (χ1v) is 9.43. The van der Waals surface area contributed by atoms with Crippen LogP contribution in [0.5, 0.6) is 0 Å². The van der Waals surface area contributed by atoms with E-state index in [0.717, 1.165) is 24.0 Å². The molecular weight excluding hydrogens is 350 g/mol. The van der Waals surface area contributed by atoms with Gasteiger partial charge in [-0.05, 0) is 35.7 Å². The Morgan fingerprint density at radius 1 is 1.05 bits per heavy atom. The van der Waals surface area contributed by atoms with Crippen LogP contribution >= 0.6 is 15.9 Å². The van der Waals surface area contributed by atoms with Gasteiger partial charge in [0.05, 0.1) is 10.6 Å². The molecule has 0 radical (unpaired) electrons. The van der Waals surface area contributed by atoms with Crippen molar-refractivity contribution in [2.75, 3.05) is 4.72 Å². The van der Waals surface area contributed by atoms with Gasteiger partial charge in [0.2, 0.25) is 0 Å². The van der Waals surface area contributed by atoms with Gasteiger partial charge >= 0.3 is 0 Å². The van der Waals surface area contributed by atoms with Gasteiger partial charge in [-0.1, -0.05) is 59.6 Å². The van der Waals surface area contributed by atoms with Gasteiger partial charge < -0.3 is 0 Å². The second kappa shape index (κ2) is 7.09. The number of hydrogen-bond donors (Lipinski definition) is 1. The van der Waals surface area contributed by atoms with E-state index in [1.165, 1.54) is 0 Å². The predicted molar refractivity (Wildman–Crippen MR) is 90.3 cm³/mol. The zero-order valence-corrected chi connectivity index (χ0v) is 14.2. The number of hydrogen-bond acceptors (Lipinski definition) is 2. The van der Waals surface area contributed by atoms with Crippen LogP contribution in [0.2, 0.25) is 0 Å². The molecule has 2 aromatic rings. The Balaban J connectivity index is 2.25. The van der Waals surface area contributed by atoms with E-state index < -0.39 is 10.0 Å². The topological polar surface area (TPSA) is 46.2 Å². The minimum Gasteiger partial charge on any atom is -0.279 e. The molecule has 0 spiro atoms. The molecule has 0 heterocycles. The standard InChI is InChI=1S/C16H18BrNO2S/c1-2-5-13-8-10-15(11-9-13)21(19,20)18-16-7-4-3-6-14(16)12-17/h3-4,6-11,18H,2,5,12H2,1H3. The maximum atomic E-state index is 12.4. The van der Waals surface area contributed by atoms with Crippen molar-refractivity contribution >= 4 is 31.6 Å². The zero-order chi connectivity index (χ0) is 15.3. The van der Waals surface area contributed by atoms with Crippen molar-refractivity contribution in [2.24, 2.45) is 0 Å². The van der Waals surface area contributed by atoms with Crippen LogP contribution in [0.1, 0.15) is 24.5 Å². The molecule has 0 aromatic heterocycles. The van der Waals surface area contributed by atoms with Crippen molar-refractivity contribution in [3.05, 3.63) is 59.7 Å². The summed E-state index contributed by atoms with van der Waals surface area (Å²) in [7, 11) is -3.55. The first-order chi connectivity index (χ1) is 10.1. The van der Waals surface area contributed by atoms with Crippen LogP contribution in [0, 0.1) is 0 Å². The number of nitrogens with one attached hydrogen (secondary N) is 1.